The Morgan fingerprint density at radius 3 is 2.03 bits per heavy atom. The number of carbonyl (C=O) groups is 2. The molecule has 0 spiro atoms. The molecule has 0 saturated heterocycles. The Morgan fingerprint density at radius 2 is 1.41 bits per heavy atom. The number of amides is 1. The third-order valence-corrected chi connectivity index (χ3v) is 6.82. The van der Waals surface area contributed by atoms with E-state index in [-0.39, 0.29) is 23.5 Å². The van der Waals surface area contributed by atoms with E-state index in [1.54, 1.807) is 29.2 Å². The summed E-state index contributed by atoms with van der Waals surface area (Å²) in [6, 6.07) is 33.1. The van der Waals surface area contributed by atoms with Gasteiger partial charge < -0.3 is 16.6 Å². The molecular weight excluding hydrogens is 484 g/mol. The molecule has 0 fully saturated rings. The molecule has 0 heterocycles. The predicted octanol–water partition coefficient (Wildman–Crippen LogP) is 5.88. The first-order chi connectivity index (χ1) is 17.9. The third kappa shape index (κ3) is 6.56. The van der Waals surface area contributed by atoms with Crippen LogP contribution in [0.5, 0.6) is 0 Å². The number of para-hydroxylation sites is 2. The maximum atomic E-state index is 13.9. The van der Waals surface area contributed by atoms with Crippen LogP contribution in [0, 0.1) is 0 Å². The minimum absolute atomic E-state index is 0.0610. The van der Waals surface area contributed by atoms with E-state index in [1.165, 1.54) is 11.8 Å². The molecule has 8 heteroatoms. The smallest absolute Gasteiger partial charge is 0.304 e. The summed E-state index contributed by atoms with van der Waals surface area (Å²) in [7, 11) is 0. The fraction of sp³-hybridized carbons (Fsp3) is 0.0690. The molecule has 1 unspecified atom stereocenters. The Hall–Kier alpha value is -4.56. The van der Waals surface area contributed by atoms with Crippen LogP contribution in [0.15, 0.2) is 119 Å². The maximum absolute atomic E-state index is 13.9. The number of nitrogens with zero attached hydrogens (tertiary/aromatic N) is 2. The molecule has 0 radical (unpaired) electrons. The van der Waals surface area contributed by atoms with Crippen molar-refractivity contribution >= 4 is 46.7 Å². The number of carboxylic acids is 1. The van der Waals surface area contributed by atoms with Gasteiger partial charge in [-0.3, -0.25) is 14.5 Å². The molecule has 7 nitrogen and oxygen atoms in total. The Labute approximate surface area is 219 Å². The molecule has 0 bridgehead atoms. The summed E-state index contributed by atoms with van der Waals surface area (Å²) in [6.07, 6.45) is -0.0610. The van der Waals surface area contributed by atoms with Crippen LogP contribution in [0.2, 0.25) is 0 Å². The molecule has 37 heavy (non-hydrogen) atoms. The van der Waals surface area contributed by atoms with Crippen molar-refractivity contribution in [2.24, 2.45) is 16.5 Å². The van der Waals surface area contributed by atoms with Gasteiger partial charge in [0.1, 0.15) is 0 Å². The fourth-order valence-corrected chi connectivity index (χ4v) is 5.11. The summed E-state index contributed by atoms with van der Waals surface area (Å²) < 4.78 is 0. The Bertz CT molecular complexity index is 1390. The Kier molecular flexibility index (Phi) is 8.22. The lowest BCUT2D eigenvalue weighted by molar-refractivity contribution is -0.137. The maximum Gasteiger partial charge on any atom is 0.304 e. The van der Waals surface area contributed by atoms with E-state index < -0.39 is 5.97 Å². The zero-order chi connectivity index (χ0) is 26.2. The van der Waals surface area contributed by atoms with Gasteiger partial charge in [0.15, 0.2) is 5.96 Å². The highest BCUT2D eigenvalue weighted by Gasteiger charge is 2.25. The van der Waals surface area contributed by atoms with E-state index in [4.69, 9.17) is 11.5 Å². The van der Waals surface area contributed by atoms with Crippen molar-refractivity contribution < 1.29 is 14.7 Å². The van der Waals surface area contributed by atoms with Gasteiger partial charge in [-0.1, -0.05) is 60.7 Å². The van der Waals surface area contributed by atoms with Gasteiger partial charge in [0, 0.05) is 21.4 Å². The summed E-state index contributed by atoms with van der Waals surface area (Å²) in [5.74, 6) is -1.20. The highest BCUT2D eigenvalue weighted by molar-refractivity contribution is 7.99. The minimum atomic E-state index is -0.893. The Morgan fingerprint density at radius 1 is 0.811 bits per heavy atom. The quantitative estimate of drug-likeness (QED) is 0.147. The van der Waals surface area contributed by atoms with Gasteiger partial charge in [0.05, 0.1) is 17.8 Å². The molecule has 5 N–H and O–H groups in total. The molecule has 186 valence electrons. The average molecular weight is 511 g/mol. The van der Waals surface area contributed by atoms with Crippen LogP contribution in [0.4, 0.5) is 17.1 Å². The van der Waals surface area contributed by atoms with Crippen LogP contribution in [0.3, 0.4) is 0 Å². The van der Waals surface area contributed by atoms with Gasteiger partial charge in [-0.25, -0.2) is 4.99 Å². The first kappa shape index (κ1) is 25.5. The van der Waals surface area contributed by atoms with Gasteiger partial charge in [-0.15, -0.1) is 11.8 Å². The molecule has 4 aromatic rings. The van der Waals surface area contributed by atoms with Gasteiger partial charge >= 0.3 is 5.97 Å². The number of aliphatic carboxylic acids is 1. The van der Waals surface area contributed by atoms with Crippen molar-refractivity contribution in [2.45, 2.75) is 16.6 Å². The van der Waals surface area contributed by atoms with Gasteiger partial charge in [-0.05, 0) is 54.1 Å². The number of carboxylic acid groups (broad SMARTS) is 1. The number of rotatable bonds is 9. The monoisotopic (exact) mass is 510 g/mol. The molecule has 0 aliphatic heterocycles. The van der Waals surface area contributed by atoms with E-state index in [0.717, 1.165) is 10.5 Å². The lowest BCUT2D eigenvalue weighted by Crippen LogP contribution is -2.26. The van der Waals surface area contributed by atoms with Crippen LogP contribution >= 0.6 is 11.8 Å². The van der Waals surface area contributed by atoms with Crippen molar-refractivity contribution in [3.05, 3.63) is 120 Å². The van der Waals surface area contributed by atoms with Crippen LogP contribution in [0.25, 0.3) is 0 Å². The van der Waals surface area contributed by atoms with E-state index in [1.807, 2.05) is 84.9 Å². The average Bonchev–Trinajstić information content (AvgIpc) is 2.90. The highest BCUT2D eigenvalue weighted by atomic mass is 32.2. The first-order valence-corrected chi connectivity index (χ1v) is 12.4. The number of aliphatic imine (C=N–C) groups is 1. The van der Waals surface area contributed by atoms with Crippen LogP contribution in [0.1, 0.15) is 27.6 Å². The summed E-state index contributed by atoms with van der Waals surface area (Å²) in [5.41, 5.74) is 14.2. The third-order valence-electron chi connectivity index (χ3n) is 5.50. The normalized spacial score (nSPS) is 11.4. The van der Waals surface area contributed by atoms with E-state index in [2.05, 4.69) is 4.99 Å². The van der Waals surface area contributed by atoms with Crippen molar-refractivity contribution in [1.29, 1.82) is 0 Å². The fourth-order valence-electron chi connectivity index (χ4n) is 3.85. The lowest BCUT2D eigenvalue weighted by atomic mass is 10.1. The standard InChI is InChI=1S/C29H26N4O3S/c30-29(31)32-22-17-15-21(16-18-22)28(36)33(23-11-5-2-6-12-23)24-13-7-8-14-25(24)37-26(19-27(34)35)20-9-3-1-4-10-20/h1-18,26H,19H2,(H,34,35)(H4,30,31,32). The number of guanidine groups is 1. The van der Waals surface area contributed by atoms with Gasteiger partial charge in [0.25, 0.3) is 5.91 Å². The zero-order valence-electron chi connectivity index (χ0n) is 19.9. The molecule has 1 amide bonds. The molecule has 4 rings (SSSR count). The second-order valence-corrected chi connectivity index (χ2v) is 9.39. The molecule has 1 atom stereocenters. The van der Waals surface area contributed by atoms with Crippen molar-refractivity contribution in [2.75, 3.05) is 4.90 Å². The van der Waals surface area contributed by atoms with Crippen molar-refractivity contribution in [1.82, 2.24) is 0 Å². The van der Waals surface area contributed by atoms with Gasteiger partial charge in [0.2, 0.25) is 0 Å². The second kappa shape index (κ2) is 11.9. The van der Waals surface area contributed by atoms with Crippen molar-refractivity contribution in [3.8, 4) is 0 Å². The summed E-state index contributed by atoms with van der Waals surface area (Å²) in [5, 5.41) is 9.25. The Balaban J connectivity index is 1.76. The summed E-state index contributed by atoms with van der Waals surface area (Å²) >= 11 is 1.42. The largest absolute Gasteiger partial charge is 0.481 e. The van der Waals surface area contributed by atoms with Crippen LogP contribution < -0.4 is 16.4 Å². The summed E-state index contributed by atoms with van der Waals surface area (Å²) in [6.45, 7) is 0. The number of benzene rings is 4. The van der Waals surface area contributed by atoms with Crippen LogP contribution in [-0.2, 0) is 4.79 Å². The number of hydrogen-bond acceptors (Lipinski definition) is 4. The molecule has 0 aliphatic rings. The second-order valence-electron chi connectivity index (χ2n) is 8.14. The number of thioether (sulfide) groups is 1. The predicted molar refractivity (Wildman–Crippen MR) is 149 cm³/mol. The lowest BCUT2D eigenvalue weighted by Gasteiger charge is -2.27. The number of carbonyl (C=O) groups excluding carboxylic acids is 1. The molecule has 0 aromatic heterocycles. The molecular formula is C29H26N4O3S. The van der Waals surface area contributed by atoms with E-state index in [0.29, 0.717) is 22.6 Å². The summed E-state index contributed by atoms with van der Waals surface area (Å²) in [4.78, 5) is 32.0. The van der Waals surface area contributed by atoms with Gasteiger partial charge in [-0.2, -0.15) is 0 Å². The van der Waals surface area contributed by atoms with Crippen LogP contribution in [-0.4, -0.2) is 22.9 Å². The minimum Gasteiger partial charge on any atom is -0.481 e. The topological polar surface area (TPSA) is 122 Å². The number of anilines is 2. The number of nitrogens with two attached hydrogens (primary N) is 2. The van der Waals surface area contributed by atoms with E-state index >= 15 is 0 Å². The van der Waals surface area contributed by atoms with E-state index in [9.17, 15) is 14.7 Å². The SMILES string of the molecule is NC(N)=Nc1ccc(C(=O)N(c2ccccc2)c2ccccc2SC(CC(=O)O)c2ccccc2)cc1. The molecule has 4 aromatic carbocycles. The van der Waals surface area contributed by atoms with Crippen molar-refractivity contribution in [3.63, 3.8) is 0 Å². The zero-order valence-corrected chi connectivity index (χ0v) is 20.7. The first-order valence-electron chi connectivity index (χ1n) is 11.5. The molecule has 0 saturated carbocycles. The highest BCUT2D eigenvalue weighted by Crippen LogP contribution is 2.44. The number of hydrogen-bond donors (Lipinski definition) is 3. The molecule has 0 aliphatic carbocycles.